The van der Waals surface area contributed by atoms with E-state index in [1.54, 1.807) is 12.5 Å². The van der Waals surface area contributed by atoms with E-state index in [1.807, 2.05) is 24.4 Å². The van der Waals surface area contributed by atoms with Crippen LogP contribution in [0.2, 0.25) is 0 Å². The molecule has 2 heterocycles. The number of nitrogens with zero attached hydrogens (tertiary/aromatic N) is 2. The minimum atomic E-state index is 0.132. The fraction of sp³-hybridized carbons (Fsp3) is 0.200. The predicted molar refractivity (Wildman–Crippen MR) is 53.7 cm³/mol. The van der Waals surface area contributed by atoms with E-state index in [9.17, 15) is 0 Å². The van der Waals surface area contributed by atoms with Gasteiger partial charge in [-0.3, -0.25) is 0 Å². The molecule has 0 aliphatic rings. The number of aromatic amines is 1. The van der Waals surface area contributed by atoms with Crippen LogP contribution in [0.15, 0.2) is 36.9 Å². The molecule has 4 nitrogen and oxygen atoms in total. The van der Waals surface area contributed by atoms with Crippen molar-refractivity contribution in [2.45, 2.75) is 5.92 Å². The maximum atomic E-state index is 5.72. The van der Waals surface area contributed by atoms with Gasteiger partial charge in [-0.25, -0.2) is 9.97 Å². The van der Waals surface area contributed by atoms with Gasteiger partial charge in [-0.05, 0) is 18.2 Å². The van der Waals surface area contributed by atoms with Crippen LogP contribution in [0.4, 0.5) is 0 Å². The second kappa shape index (κ2) is 4.02. The molecule has 0 saturated carbocycles. The highest BCUT2D eigenvalue weighted by molar-refractivity contribution is 5.22. The Morgan fingerprint density at radius 3 is 2.93 bits per heavy atom. The molecule has 2 rings (SSSR count). The highest BCUT2D eigenvalue weighted by Crippen LogP contribution is 2.18. The minimum Gasteiger partial charge on any atom is -0.364 e. The highest BCUT2D eigenvalue weighted by Gasteiger charge is 2.13. The molecule has 0 saturated heterocycles. The summed E-state index contributed by atoms with van der Waals surface area (Å²) in [6.07, 6.45) is 5.16. The summed E-state index contributed by atoms with van der Waals surface area (Å²) in [4.78, 5) is 11.2. The molecule has 4 heteroatoms. The summed E-state index contributed by atoms with van der Waals surface area (Å²) in [6.45, 7) is 0.539. The lowest BCUT2D eigenvalue weighted by Gasteiger charge is -2.11. The van der Waals surface area contributed by atoms with Gasteiger partial charge in [0.05, 0.1) is 11.6 Å². The van der Waals surface area contributed by atoms with Crippen molar-refractivity contribution in [3.8, 4) is 0 Å². The van der Waals surface area contributed by atoms with Crippen LogP contribution in [-0.2, 0) is 0 Å². The molecule has 1 atom stereocenters. The van der Waals surface area contributed by atoms with E-state index < -0.39 is 0 Å². The van der Waals surface area contributed by atoms with Crippen molar-refractivity contribution in [1.29, 1.82) is 0 Å². The third-order valence-corrected chi connectivity index (χ3v) is 2.19. The molecule has 2 aromatic heterocycles. The first kappa shape index (κ1) is 8.90. The molecular formula is C10H12N4. The predicted octanol–water partition coefficient (Wildman–Crippen LogP) is 0.895. The molecule has 1 unspecified atom stereocenters. The van der Waals surface area contributed by atoms with Crippen molar-refractivity contribution in [1.82, 2.24) is 15.0 Å². The summed E-state index contributed by atoms with van der Waals surface area (Å²) in [5.41, 5.74) is 7.75. The fourth-order valence-corrected chi connectivity index (χ4v) is 1.48. The van der Waals surface area contributed by atoms with Crippen LogP contribution in [0.3, 0.4) is 0 Å². The first-order chi connectivity index (χ1) is 6.92. The Hall–Kier alpha value is -1.68. The van der Waals surface area contributed by atoms with Gasteiger partial charge in [0.2, 0.25) is 0 Å². The van der Waals surface area contributed by atoms with Gasteiger partial charge in [0.1, 0.15) is 6.33 Å². The van der Waals surface area contributed by atoms with E-state index in [2.05, 4.69) is 15.0 Å². The zero-order valence-electron chi connectivity index (χ0n) is 7.72. The van der Waals surface area contributed by atoms with Crippen LogP contribution in [0.1, 0.15) is 17.3 Å². The maximum absolute atomic E-state index is 5.72. The largest absolute Gasteiger partial charge is 0.364 e. The van der Waals surface area contributed by atoms with E-state index in [0.29, 0.717) is 6.54 Å². The van der Waals surface area contributed by atoms with E-state index in [0.717, 1.165) is 11.4 Å². The molecule has 0 aliphatic heterocycles. The zero-order valence-corrected chi connectivity index (χ0v) is 7.72. The summed E-state index contributed by atoms with van der Waals surface area (Å²) in [7, 11) is 0. The fourth-order valence-electron chi connectivity index (χ4n) is 1.48. The molecule has 0 aliphatic carbocycles. The van der Waals surface area contributed by atoms with Gasteiger partial charge in [-0.15, -0.1) is 0 Å². The molecule has 0 amide bonds. The standard InChI is InChI=1S/C10H12N4/c11-6-8(9-2-1-4-13-9)10-3-5-12-7-14-10/h1-5,7-8,13H,6,11H2. The van der Waals surface area contributed by atoms with Crippen LogP contribution in [0.5, 0.6) is 0 Å². The summed E-state index contributed by atoms with van der Waals surface area (Å²) in [5.74, 6) is 0.132. The Balaban J connectivity index is 2.31. The molecule has 0 radical (unpaired) electrons. The molecule has 2 aromatic rings. The van der Waals surface area contributed by atoms with E-state index in [-0.39, 0.29) is 5.92 Å². The minimum absolute atomic E-state index is 0.132. The average Bonchev–Trinajstić information content (AvgIpc) is 2.74. The van der Waals surface area contributed by atoms with Crippen molar-refractivity contribution >= 4 is 0 Å². The summed E-state index contributed by atoms with van der Waals surface area (Å²) < 4.78 is 0. The average molecular weight is 188 g/mol. The Morgan fingerprint density at radius 1 is 1.43 bits per heavy atom. The summed E-state index contributed by atoms with van der Waals surface area (Å²) in [5, 5.41) is 0. The lowest BCUT2D eigenvalue weighted by atomic mass is 10.0. The first-order valence-electron chi connectivity index (χ1n) is 4.51. The van der Waals surface area contributed by atoms with Crippen molar-refractivity contribution in [2.24, 2.45) is 5.73 Å². The van der Waals surface area contributed by atoms with Gasteiger partial charge in [0, 0.05) is 24.6 Å². The van der Waals surface area contributed by atoms with Crippen LogP contribution in [-0.4, -0.2) is 21.5 Å². The third kappa shape index (κ3) is 1.65. The van der Waals surface area contributed by atoms with E-state index >= 15 is 0 Å². The van der Waals surface area contributed by atoms with Crippen molar-refractivity contribution in [3.05, 3.63) is 48.3 Å². The van der Waals surface area contributed by atoms with Crippen molar-refractivity contribution in [2.75, 3.05) is 6.54 Å². The lowest BCUT2D eigenvalue weighted by Crippen LogP contribution is -2.15. The maximum Gasteiger partial charge on any atom is 0.115 e. The Bertz CT molecular complexity index is 368. The zero-order chi connectivity index (χ0) is 9.80. The quantitative estimate of drug-likeness (QED) is 0.751. The molecule has 0 aromatic carbocycles. The van der Waals surface area contributed by atoms with Crippen LogP contribution < -0.4 is 5.73 Å². The van der Waals surface area contributed by atoms with Crippen molar-refractivity contribution in [3.63, 3.8) is 0 Å². The Morgan fingerprint density at radius 2 is 2.36 bits per heavy atom. The number of nitrogens with two attached hydrogens (primary N) is 1. The summed E-state index contributed by atoms with van der Waals surface area (Å²) in [6, 6.07) is 5.86. The SMILES string of the molecule is NCC(c1ccncn1)c1ccc[nH]1. The van der Waals surface area contributed by atoms with Gasteiger partial charge < -0.3 is 10.7 Å². The molecule has 0 spiro atoms. The van der Waals surface area contributed by atoms with E-state index in [1.165, 1.54) is 0 Å². The van der Waals surface area contributed by atoms with Gasteiger partial charge >= 0.3 is 0 Å². The molecule has 72 valence electrons. The number of nitrogens with one attached hydrogen (secondary N) is 1. The third-order valence-electron chi connectivity index (χ3n) is 2.19. The Kier molecular flexibility index (Phi) is 2.55. The number of hydrogen-bond acceptors (Lipinski definition) is 3. The Labute approximate surface area is 82.2 Å². The smallest absolute Gasteiger partial charge is 0.115 e. The lowest BCUT2D eigenvalue weighted by molar-refractivity contribution is 0.761. The molecule has 14 heavy (non-hydrogen) atoms. The topological polar surface area (TPSA) is 67.6 Å². The second-order valence-electron chi connectivity index (χ2n) is 3.05. The summed E-state index contributed by atoms with van der Waals surface area (Å²) >= 11 is 0. The monoisotopic (exact) mass is 188 g/mol. The van der Waals surface area contributed by atoms with Gasteiger partial charge in [0.15, 0.2) is 0 Å². The molecule has 0 bridgehead atoms. The number of aromatic nitrogens is 3. The van der Waals surface area contributed by atoms with Crippen molar-refractivity contribution < 1.29 is 0 Å². The normalized spacial score (nSPS) is 12.6. The van der Waals surface area contributed by atoms with Crippen LogP contribution in [0.25, 0.3) is 0 Å². The molecule has 0 fully saturated rings. The highest BCUT2D eigenvalue weighted by atomic mass is 14.8. The van der Waals surface area contributed by atoms with Gasteiger partial charge in [0.25, 0.3) is 0 Å². The number of hydrogen-bond donors (Lipinski definition) is 2. The van der Waals surface area contributed by atoms with Crippen LogP contribution >= 0.6 is 0 Å². The molecule has 3 N–H and O–H groups in total. The molecular weight excluding hydrogens is 176 g/mol. The number of rotatable bonds is 3. The second-order valence-corrected chi connectivity index (χ2v) is 3.05. The van der Waals surface area contributed by atoms with Gasteiger partial charge in [-0.2, -0.15) is 0 Å². The van der Waals surface area contributed by atoms with Crippen LogP contribution in [0, 0.1) is 0 Å². The number of H-pyrrole nitrogens is 1. The van der Waals surface area contributed by atoms with Gasteiger partial charge in [-0.1, -0.05) is 0 Å². The van der Waals surface area contributed by atoms with E-state index in [4.69, 9.17) is 5.73 Å². The first-order valence-corrected chi connectivity index (χ1v) is 4.51.